The summed E-state index contributed by atoms with van der Waals surface area (Å²) in [6.45, 7) is 0. The molecule has 0 aliphatic heterocycles. The zero-order valence-electron chi connectivity index (χ0n) is 12.4. The van der Waals surface area contributed by atoms with E-state index in [0.29, 0.717) is 17.5 Å². The highest BCUT2D eigenvalue weighted by Gasteiger charge is 2.48. The largest absolute Gasteiger partial charge is 0.494 e. The minimum atomic E-state index is 0.369. The summed E-state index contributed by atoms with van der Waals surface area (Å²) in [4.78, 5) is 10.7. The molecule has 4 aliphatic carbocycles. The maximum Gasteiger partial charge on any atom is 0.150 e. The standard InChI is InChI=1S/C17H22N2O2/c1-21-16-9-14(2-3-15(16)19-20)18-17-12-5-10-4-11(7-12)8-13(17)6-10/h2-3,9-13,17-18H,4-8H2,1H3. The van der Waals surface area contributed by atoms with Gasteiger partial charge in [-0.2, -0.15) is 0 Å². The molecule has 0 saturated heterocycles. The van der Waals surface area contributed by atoms with Crippen molar-refractivity contribution in [3.05, 3.63) is 23.1 Å². The third-order valence-electron chi connectivity index (χ3n) is 5.84. The quantitative estimate of drug-likeness (QED) is 0.838. The van der Waals surface area contributed by atoms with Crippen LogP contribution in [0.15, 0.2) is 23.4 Å². The lowest BCUT2D eigenvalue weighted by molar-refractivity contribution is 0.00753. The van der Waals surface area contributed by atoms with Crippen LogP contribution in [-0.4, -0.2) is 13.2 Å². The van der Waals surface area contributed by atoms with E-state index in [2.05, 4.69) is 10.5 Å². The number of hydrogen-bond donors (Lipinski definition) is 1. The fraction of sp³-hybridized carbons (Fsp3) is 0.647. The maximum absolute atomic E-state index is 10.7. The molecule has 4 fully saturated rings. The van der Waals surface area contributed by atoms with Gasteiger partial charge in [0, 0.05) is 17.8 Å². The predicted molar refractivity (Wildman–Crippen MR) is 82.9 cm³/mol. The number of benzene rings is 1. The van der Waals surface area contributed by atoms with Gasteiger partial charge in [0.25, 0.3) is 0 Å². The van der Waals surface area contributed by atoms with Crippen LogP contribution in [0.4, 0.5) is 11.4 Å². The number of nitrogens with zero attached hydrogens (tertiary/aromatic N) is 1. The topological polar surface area (TPSA) is 50.7 Å². The Labute approximate surface area is 125 Å². The molecule has 4 bridgehead atoms. The third kappa shape index (κ3) is 2.21. The lowest BCUT2D eigenvalue weighted by atomic mass is 9.54. The van der Waals surface area contributed by atoms with E-state index >= 15 is 0 Å². The molecule has 0 amide bonds. The molecular weight excluding hydrogens is 264 g/mol. The Morgan fingerprint density at radius 1 is 1.10 bits per heavy atom. The molecule has 0 radical (unpaired) electrons. The highest BCUT2D eigenvalue weighted by atomic mass is 16.5. The number of ether oxygens (including phenoxy) is 1. The van der Waals surface area contributed by atoms with Crippen molar-refractivity contribution < 1.29 is 4.74 Å². The Bertz CT molecular complexity index is 530. The molecular formula is C17H22N2O2. The van der Waals surface area contributed by atoms with Crippen molar-refractivity contribution in [1.82, 2.24) is 0 Å². The zero-order valence-corrected chi connectivity index (χ0v) is 12.4. The lowest BCUT2D eigenvalue weighted by Gasteiger charge is -2.54. The molecule has 4 nitrogen and oxygen atoms in total. The number of nitroso groups, excluding NO2 is 1. The molecule has 0 heterocycles. The number of anilines is 1. The molecule has 1 aromatic rings. The van der Waals surface area contributed by atoms with E-state index in [4.69, 9.17) is 4.74 Å². The summed E-state index contributed by atoms with van der Waals surface area (Å²) in [6.07, 6.45) is 7.07. The first-order valence-electron chi connectivity index (χ1n) is 8.04. The summed E-state index contributed by atoms with van der Waals surface area (Å²) in [5, 5.41) is 6.73. The second kappa shape index (κ2) is 5.00. The van der Waals surface area contributed by atoms with Gasteiger partial charge in [0.1, 0.15) is 11.4 Å². The van der Waals surface area contributed by atoms with Crippen LogP contribution in [0, 0.1) is 28.6 Å². The van der Waals surface area contributed by atoms with E-state index in [-0.39, 0.29) is 0 Å². The van der Waals surface area contributed by atoms with Crippen molar-refractivity contribution in [1.29, 1.82) is 0 Å². The summed E-state index contributed by atoms with van der Waals surface area (Å²) >= 11 is 0. The van der Waals surface area contributed by atoms with Gasteiger partial charge in [-0.25, -0.2) is 0 Å². The van der Waals surface area contributed by atoms with Gasteiger partial charge in [0.15, 0.2) is 0 Å². The summed E-state index contributed by atoms with van der Waals surface area (Å²) in [5.41, 5.74) is 1.42. The van der Waals surface area contributed by atoms with Crippen LogP contribution in [0.3, 0.4) is 0 Å². The van der Waals surface area contributed by atoms with Gasteiger partial charge in [-0.05, 0) is 73.1 Å². The minimum Gasteiger partial charge on any atom is -0.494 e. The molecule has 21 heavy (non-hydrogen) atoms. The molecule has 5 rings (SSSR count). The van der Waals surface area contributed by atoms with Crippen molar-refractivity contribution in [3.63, 3.8) is 0 Å². The van der Waals surface area contributed by atoms with Gasteiger partial charge in [-0.1, -0.05) is 0 Å². The number of hydrogen-bond acceptors (Lipinski definition) is 4. The second-order valence-corrected chi connectivity index (χ2v) is 7.08. The molecule has 0 atom stereocenters. The maximum atomic E-state index is 10.7. The molecule has 0 spiro atoms. The summed E-state index contributed by atoms with van der Waals surface area (Å²) in [5.74, 6) is 4.19. The van der Waals surface area contributed by atoms with E-state index in [9.17, 15) is 4.91 Å². The molecule has 0 aromatic heterocycles. The number of nitrogens with one attached hydrogen (secondary N) is 1. The lowest BCUT2D eigenvalue weighted by Crippen LogP contribution is -2.51. The zero-order chi connectivity index (χ0) is 14.4. The van der Waals surface area contributed by atoms with E-state index in [1.807, 2.05) is 12.1 Å². The Balaban J connectivity index is 1.55. The molecule has 1 aromatic carbocycles. The van der Waals surface area contributed by atoms with Crippen molar-refractivity contribution >= 4 is 11.4 Å². The van der Waals surface area contributed by atoms with Crippen LogP contribution in [0.2, 0.25) is 0 Å². The molecule has 0 unspecified atom stereocenters. The Morgan fingerprint density at radius 2 is 1.76 bits per heavy atom. The molecule has 4 aliphatic rings. The van der Waals surface area contributed by atoms with Crippen LogP contribution < -0.4 is 10.1 Å². The Kier molecular flexibility index (Phi) is 3.12. The van der Waals surface area contributed by atoms with Crippen LogP contribution in [-0.2, 0) is 0 Å². The van der Waals surface area contributed by atoms with Gasteiger partial charge >= 0.3 is 0 Å². The van der Waals surface area contributed by atoms with E-state index in [0.717, 1.165) is 29.4 Å². The SMILES string of the molecule is COc1cc(NC2C3CC4CC(C3)CC2C4)ccc1N=O. The van der Waals surface area contributed by atoms with E-state index < -0.39 is 0 Å². The normalized spacial score (nSPS) is 36.5. The van der Waals surface area contributed by atoms with Crippen molar-refractivity contribution in [2.75, 3.05) is 12.4 Å². The average molecular weight is 286 g/mol. The average Bonchev–Trinajstić information content (AvgIpc) is 2.50. The van der Waals surface area contributed by atoms with Crippen LogP contribution in [0.5, 0.6) is 5.75 Å². The first-order chi connectivity index (χ1) is 10.3. The van der Waals surface area contributed by atoms with E-state index in [1.54, 1.807) is 13.2 Å². The van der Waals surface area contributed by atoms with Gasteiger partial charge in [-0.15, -0.1) is 4.91 Å². The molecule has 1 N–H and O–H groups in total. The van der Waals surface area contributed by atoms with E-state index in [1.165, 1.54) is 32.1 Å². The molecule has 4 heteroatoms. The number of methoxy groups -OCH3 is 1. The van der Waals surface area contributed by atoms with Gasteiger partial charge in [0.05, 0.1) is 7.11 Å². The van der Waals surface area contributed by atoms with Crippen molar-refractivity contribution in [2.24, 2.45) is 28.8 Å². The number of rotatable bonds is 4. The molecule has 112 valence electrons. The first-order valence-corrected chi connectivity index (χ1v) is 8.04. The van der Waals surface area contributed by atoms with Crippen molar-refractivity contribution in [3.8, 4) is 5.75 Å². The summed E-state index contributed by atoms with van der Waals surface area (Å²) < 4.78 is 5.25. The summed E-state index contributed by atoms with van der Waals surface area (Å²) in [6, 6.07) is 6.19. The Hall–Kier alpha value is -1.58. The fourth-order valence-corrected chi connectivity index (χ4v) is 5.20. The second-order valence-electron chi connectivity index (χ2n) is 7.08. The van der Waals surface area contributed by atoms with Crippen LogP contribution >= 0.6 is 0 Å². The first kappa shape index (κ1) is 13.1. The van der Waals surface area contributed by atoms with Crippen LogP contribution in [0.25, 0.3) is 0 Å². The van der Waals surface area contributed by atoms with Crippen molar-refractivity contribution in [2.45, 2.75) is 38.1 Å². The summed E-state index contributed by atoms with van der Waals surface area (Å²) in [7, 11) is 1.58. The monoisotopic (exact) mass is 286 g/mol. The molecule has 4 saturated carbocycles. The predicted octanol–water partition coefficient (Wildman–Crippen LogP) is 4.33. The van der Waals surface area contributed by atoms with Gasteiger partial charge in [0.2, 0.25) is 0 Å². The van der Waals surface area contributed by atoms with Crippen LogP contribution in [0.1, 0.15) is 32.1 Å². The fourth-order valence-electron chi connectivity index (χ4n) is 5.20. The minimum absolute atomic E-state index is 0.369. The third-order valence-corrected chi connectivity index (χ3v) is 5.84. The Morgan fingerprint density at radius 3 is 2.33 bits per heavy atom. The highest BCUT2D eigenvalue weighted by molar-refractivity contribution is 5.61. The smallest absolute Gasteiger partial charge is 0.150 e. The highest BCUT2D eigenvalue weighted by Crippen LogP contribution is 2.54. The van der Waals surface area contributed by atoms with Gasteiger partial charge in [-0.3, -0.25) is 0 Å². The van der Waals surface area contributed by atoms with Gasteiger partial charge < -0.3 is 10.1 Å².